The SMILES string of the molecule is COc1ccc2[nH]c(C(=O)N(C)C3CC[NH+](C)CC3)c(C)c2c1. The Kier molecular flexibility index (Phi) is 4.31. The molecule has 2 aromatic rings. The molecule has 0 spiro atoms. The van der Waals surface area contributed by atoms with Gasteiger partial charge in [0.1, 0.15) is 11.4 Å². The lowest BCUT2D eigenvalue weighted by atomic mass is 10.0. The number of H-pyrrole nitrogens is 1. The molecule has 23 heavy (non-hydrogen) atoms. The highest BCUT2D eigenvalue weighted by molar-refractivity contribution is 6.01. The zero-order valence-electron chi connectivity index (χ0n) is 14.4. The minimum Gasteiger partial charge on any atom is -0.497 e. The Morgan fingerprint density at radius 3 is 2.70 bits per heavy atom. The van der Waals surface area contributed by atoms with E-state index in [0.717, 1.165) is 48.1 Å². The van der Waals surface area contributed by atoms with Gasteiger partial charge in [0.25, 0.3) is 5.91 Å². The van der Waals surface area contributed by atoms with Gasteiger partial charge in [-0.3, -0.25) is 4.79 Å². The lowest BCUT2D eigenvalue weighted by molar-refractivity contribution is -0.885. The van der Waals surface area contributed by atoms with Crippen molar-refractivity contribution in [3.05, 3.63) is 29.5 Å². The Bertz CT molecular complexity index is 714. The molecule has 0 radical (unpaired) electrons. The van der Waals surface area contributed by atoms with Gasteiger partial charge in [-0.25, -0.2) is 0 Å². The summed E-state index contributed by atoms with van der Waals surface area (Å²) in [5.41, 5.74) is 2.67. The van der Waals surface area contributed by atoms with E-state index in [1.165, 1.54) is 0 Å². The van der Waals surface area contributed by atoms with Crippen LogP contribution in [-0.2, 0) is 0 Å². The van der Waals surface area contributed by atoms with E-state index in [-0.39, 0.29) is 5.91 Å². The smallest absolute Gasteiger partial charge is 0.270 e. The predicted octanol–water partition coefficient (Wildman–Crippen LogP) is 1.23. The quantitative estimate of drug-likeness (QED) is 0.895. The van der Waals surface area contributed by atoms with Gasteiger partial charge >= 0.3 is 0 Å². The van der Waals surface area contributed by atoms with Crippen molar-refractivity contribution in [3.8, 4) is 5.75 Å². The molecule has 1 saturated heterocycles. The number of aromatic amines is 1. The number of nitrogens with zero attached hydrogens (tertiary/aromatic N) is 1. The number of hydrogen-bond acceptors (Lipinski definition) is 2. The zero-order chi connectivity index (χ0) is 16.6. The molecule has 1 aromatic carbocycles. The van der Waals surface area contributed by atoms with Gasteiger partial charge in [0, 0.05) is 36.8 Å². The number of aromatic nitrogens is 1. The first kappa shape index (κ1) is 15.9. The number of rotatable bonds is 3. The molecular formula is C18H26N3O2+. The van der Waals surface area contributed by atoms with Crippen LogP contribution in [0.2, 0.25) is 0 Å². The highest BCUT2D eigenvalue weighted by Crippen LogP contribution is 2.27. The molecule has 0 saturated carbocycles. The van der Waals surface area contributed by atoms with Crippen molar-refractivity contribution in [3.63, 3.8) is 0 Å². The van der Waals surface area contributed by atoms with Crippen LogP contribution in [0, 0.1) is 6.92 Å². The number of piperidine rings is 1. The van der Waals surface area contributed by atoms with Gasteiger partial charge in [-0.1, -0.05) is 0 Å². The topological polar surface area (TPSA) is 49.8 Å². The van der Waals surface area contributed by atoms with Crippen LogP contribution in [0.1, 0.15) is 28.9 Å². The largest absolute Gasteiger partial charge is 0.497 e. The fraction of sp³-hybridized carbons (Fsp3) is 0.500. The molecule has 1 amide bonds. The molecular weight excluding hydrogens is 290 g/mol. The van der Waals surface area contributed by atoms with E-state index in [1.807, 2.05) is 37.1 Å². The first-order valence-corrected chi connectivity index (χ1v) is 8.26. The number of carbonyl (C=O) groups is 1. The van der Waals surface area contributed by atoms with Crippen LogP contribution in [0.15, 0.2) is 18.2 Å². The van der Waals surface area contributed by atoms with Crippen molar-refractivity contribution in [1.29, 1.82) is 0 Å². The third-order valence-corrected chi connectivity index (χ3v) is 5.16. The van der Waals surface area contributed by atoms with Crippen LogP contribution in [0.25, 0.3) is 10.9 Å². The number of ether oxygens (including phenoxy) is 1. The van der Waals surface area contributed by atoms with Crippen molar-refractivity contribution < 1.29 is 14.4 Å². The minimum atomic E-state index is 0.0854. The molecule has 0 bridgehead atoms. The van der Waals surface area contributed by atoms with Crippen molar-refractivity contribution in [2.24, 2.45) is 0 Å². The molecule has 5 heteroatoms. The maximum Gasteiger partial charge on any atom is 0.270 e. The highest BCUT2D eigenvalue weighted by atomic mass is 16.5. The Morgan fingerprint density at radius 1 is 1.35 bits per heavy atom. The summed E-state index contributed by atoms with van der Waals surface area (Å²) < 4.78 is 5.29. The zero-order valence-corrected chi connectivity index (χ0v) is 14.4. The Labute approximate surface area is 137 Å². The molecule has 5 nitrogen and oxygen atoms in total. The van der Waals surface area contributed by atoms with Crippen LogP contribution in [0.5, 0.6) is 5.75 Å². The Hall–Kier alpha value is -2.01. The molecule has 1 aliphatic rings. The van der Waals surface area contributed by atoms with Crippen LogP contribution in [0.3, 0.4) is 0 Å². The molecule has 2 heterocycles. The normalized spacial score (nSPS) is 21.4. The van der Waals surface area contributed by atoms with E-state index in [9.17, 15) is 4.79 Å². The van der Waals surface area contributed by atoms with Gasteiger partial charge in [0.05, 0.1) is 27.2 Å². The number of likely N-dealkylation sites (tertiary alicyclic amines) is 1. The average Bonchev–Trinajstić information content (AvgIpc) is 2.90. The lowest BCUT2D eigenvalue weighted by Gasteiger charge is -2.33. The van der Waals surface area contributed by atoms with Gasteiger partial charge in [0.15, 0.2) is 0 Å². The Balaban J connectivity index is 1.87. The summed E-state index contributed by atoms with van der Waals surface area (Å²) in [4.78, 5) is 19.7. The van der Waals surface area contributed by atoms with Crippen molar-refractivity contribution in [2.45, 2.75) is 25.8 Å². The minimum absolute atomic E-state index is 0.0854. The van der Waals surface area contributed by atoms with Gasteiger partial charge in [-0.15, -0.1) is 0 Å². The number of quaternary nitrogens is 1. The van der Waals surface area contributed by atoms with E-state index in [1.54, 1.807) is 12.0 Å². The molecule has 3 rings (SSSR count). The van der Waals surface area contributed by atoms with E-state index in [0.29, 0.717) is 11.7 Å². The second-order valence-corrected chi connectivity index (χ2v) is 6.64. The third-order valence-electron chi connectivity index (χ3n) is 5.16. The van der Waals surface area contributed by atoms with Crippen molar-refractivity contribution in [2.75, 3.05) is 34.3 Å². The first-order valence-electron chi connectivity index (χ1n) is 8.26. The maximum absolute atomic E-state index is 12.9. The van der Waals surface area contributed by atoms with Crippen LogP contribution in [0.4, 0.5) is 0 Å². The molecule has 0 aliphatic carbocycles. The van der Waals surface area contributed by atoms with E-state index < -0.39 is 0 Å². The second-order valence-electron chi connectivity index (χ2n) is 6.64. The molecule has 0 atom stereocenters. The number of amides is 1. The summed E-state index contributed by atoms with van der Waals surface area (Å²) in [6, 6.07) is 6.20. The summed E-state index contributed by atoms with van der Waals surface area (Å²) in [5.74, 6) is 0.896. The molecule has 2 N–H and O–H groups in total. The number of benzene rings is 1. The molecule has 124 valence electrons. The third kappa shape index (κ3) is 2.93. The van der Waals surface area contributed by atoms with Crippen LogP contribution in [-0.4, -0.2) is 56.1 Å². The number of hydrogen-bond donors (Lipinski definition) is 2. The fourth-order valence-electron chi connectivity index (χ4n) is 3.47. The molecule has 0 unspecified atom stereocenters. The van der Waals surface area contributed by atoms with Gasteiger partial charge in [-0.05, 0) is 30.7 Å². The summed E-state index contributed by atoms with van der Waals surface area (Å²) >= 11 is 0. The molecule has 1 aromatic heterocycles. The molecule has 1 aliphatic heterocycles. The van der Waals surface area contributed by atoms with E-state index in [4.69, 9.17) is 4.74 Å². The monoisotopic (exact) mass is 316 g/mol. The van der Waals surface area contributed by atoms with Gasteiger partial charge in [-0.2, -0.15) is 0 Å². The van der Waals surface area contributed by atoms with Gasteiger partial charge < -0.3 is 19.5 Å². The number of aryl methyl sites for hydroxylation is 1. The van der Waals surface area contributed by atoms with Gasteiger partial charge in [0.2, 0.25) is 0 Å². The summed E-state index contributed by atoms with van der Waals surface area (Å²) in [6.07, 6.45) is 2.14. The standard InChI is InChI=1S/C18H25N3O2/c1-12-15-11-14(23-4)5-6-16(15)19-17(12)18(22)21(3)13-7-9-20(2)10-8-13/h5-6,11,13,19H,7-10H2,1-4H3/p+1. The Morgan fingerprint density at radius 2 is 2.04 bits per heavy atom. The summed E-state index contributed by atoms with van der Waals surface area (Å²) in [7, 11) is 5.80. The number of nitrogens with one attached hydrogen (secondary N) is 2. The molecule has 1 fully saturated rings. The van der Waals surface area contributed by atoms with E-state index >= 15 is 0 Å². The summed E-state index contributed by atoms with van der Waals surface area (Å²) in [6.45, 7) is 4.26. The van der Waals surface area contributed by atoms with Crippen LogP contribution < -0.4 is 9.64 Å². The predicted molar refractivity (Wildman–Crippen MR) is 91.3 cm³/mol. The number of fused-ring (bicyclic) bond motifs is 1. The average molecular weight is 316 g/mol. The fourth-order valence-corrected chi connectivity index (χ4v) is 3.47. The van der Waals surface area contributed by atoms with E-state index in [2.05, 4.69) is 12.0 Å². The first-order chi connectivity index (χ1) is 11.0. The number of methoxy groups -OCH3 is 1. The maximum atomic E-state index is 12.9. The highest BCUT2D eigenvalue weighted by Gasteiger charge is 2.28. The summed E-state index contributed by atoms with van der Waals surface area (Å²) in [5, 5.41) is 1.05. The van der Waals surface area contributed by atoms with Crippen LogP contribution >= 0.6 is 0 Å². The van der Waals surface area contributed by atoms with Crippen molar-refractivity contribution >= 4 is 16.8 Å². The lowest BCUT2D eigenvalue weighted by Crippen LogP contribution is -3.10. The van der Waals surface area contributed by atoms with Crippen molar-refractivity contribution in [1.82, 2.24) is 9.88 Å². The second kappa shape index (κ2) is 6.24. The number of carbonyl (C=O) groups excluding carboxylic acids is 1.